The number of amides is 1. The van der Waals surface area contributed by atoms with E-state index in [0.29, 0.717) is 0 Å². The van der Waals surface area contributed by atoms with Gasteiger partial charge in [-0.2, -0.15) is 0 Å². The molecule has 1 aromatic carbocycles. The summed E-state index contributed by atoms with van der Waals surface area (Å²) in [6.45, 7) is 0. The number of hydrogen-bond donors (Lipinski definition) is 1. The van der Waals surface area contributed by atoms with Gasteiger partial charge in [0.1, 0.15) is 0 Å². The van der Waals surface area contributed by atoms with Gasteiger partial charge in [-0.05, 0) is 24.3 Å². The van der Waals surface area contributed by atoms with Crippen LogP contribution in [0.4, 0.5) is 10.5 Å². The molecule has 11 heavy (non-hydrogen) atoms. The molecule has 2 nitrogen and oxygen atoms in total. The van der Waals surface area contributed by atoms with Crippen molar-refractivity contribution in [2.45, 2.75) is 0 Å². The molecule has 0 radical (unpaired) electrons. The quantitative estimate of drug-likeness (QED) is 0.478. The summed E-state index contributed by atoms with van der Waals surface area (Å²) in [6.07, 6.45) is 0. The molecule has 0 atom stereocenters. The third-order valence-electron chi connectivity index (χ3n) is 1.09. The maximum atomic E-state index is 10.6. The molecule has 1 aromatic rings. The monoisotopic (exact) mass is 325 g/mol. The summed E-state index contributed by atoms with van der Waals surface area (Å²) in [5.74, 6) is 0. The molecule has 0 aliphatic heterocycles. The molecule has 1 rings (SSSR count). The van der Waals surface area contributed by atoms with Gasteiger partial charge in [0.15, 0.2) is 0 Å². The van der Waals surface area contributed by atoms with Gasteiger partial charge in [-0.25, -0.2) is 0 Å². The van der Waals surface area contributed by atoms with Crippen molar-refractivity contribution < 1.29 is 4.79 Å². The van der Waals surface area contributed by atoms with E-state index in [9.17, 15) is 4.79 Å². The van der Waals surface area contributed by atoms with Crippen LogP contribution in [0, 0.1) is 0 Å². The molecule has 0 saturated heterocycles. The number of hydrogen-bond acceptors (Lipinski definition) is 1. The summed E-state index contributed by atoms with van der Waals surface area (Å²) in [6, 6.07) is 7.42. The molecule has 0 aliphatic rings. The minimum absolute atomic E-state index is 0.0788. The van der Waals surface area contributed by atoms with Gasteiger partial charge < -0.3 is 5.32 Å². The Morgan fingerprint density at radius 2 is 1.91 bits per heavy atom. The molecular formula is C7H5BrINO. The van der Waals surface area contributed by atoms with Gasteiger partial charge in [0.2, 0.25) is 0 Å². The van der Waals surface area contributed by atoms with Crippen LogP contribution in [0.2, 0.25) is 0 Å². The van der Waals surface area contributed by atoms with E-state index in [1.165, 1.54) is 0 Å². The van der Waals surface area contributed by atoms with Crippen molar-refractivity contribution in [2.75, 3.05) is 5.32 Å². The molecule has 0 fully saturated rings. The highest BCUT2D eigenvalue weighted by molar-refractivity contribution is 14.1. The Labute approximate surface area is 86.6 Å². The van der Waals surface area contributed by atoms with E-state index in [1.54, 1.807) is 22.6 Å². The molecule has 0 bridgehead atoms. The lowest BCUT2D eigenvalue weighted by Gasteiger charge is -1.98. The highest BCUT2D eigenvalue weighted by atomic mass is 127. The summed E-state index contributed by atoms with van der Waals surface area (Å²) in [5.41, 5.74) is 0.813. The maximum Gasteiger partial charge on any atom is 0.284 e. The molecule has 58 valence electrons. The molecule has 1 amide bonds. The van der Waals surface area contributed by atoms with Crippen molar-refractivity contribution in [3.63, 3.8) is 0 Å². The Kier molecular flexibility index (Phi) is 3.32. The lowest BCUT2D eigenvalue weighted by atomic mass is 10.3. The number of halogens is 2. The Morgan fingerprint density at radius 3 is 2.36 bits per heavy atom. The summed E-state index contributed by atoms with van der Waals surface area (Å²) < 4.78 is 0.925. The largest absolute Gasteiger partial charge is 0.317 e. The molecule has 4 heteroatoms. The lowest BCUT2D eigenvalue weighted by molar-refractivity contribution is 0.272. The van der Waals surface area contributed by atoms with Crippen LogP contribution in [-0.2, 0) is 0 Å². The zero-order valence-corrected chi connectivity index (χ0v) is 9.22. The van der Waals surface area contributed by atoms with Crippen molar-refractivity contribution in [3.8, 4) is 0 Å². The van der Waals surface area contributed by atoms with Crippen LogP contribution >= 0.6 is 38.5 Å². The SMILES string of the molecule is O=C(I)Nc1ccc(Br)cc1. The summed E-state index contributed by atoms with van der Waals surface area (Å²) >= 11 is 4.99. The minimum atomic E-state index is -0.0788. The highest BCUT2D eigenvalue weighted by Gasteiger charge is 1.94. The molecule has 0 heterocycles. The third kappa shape index (κ3) is 3.20. The Bertz CT molecular complexity index is 260. The highest BCUT2D eigenvalue weighted by Crippen LogP contribution is 2.14. The fraction of sp³-hybridized carbons (Fsp3) is 0. The lowest BCUT2D eigenvalue weighted by Crippen LogP contribution is -1.99. The van der Waals surface area contributed by atoms with Gasteiger partial charge >= 0.3 is 0 Å². The van der Waals surface area contributed by atoms with Crippen molar-refractivity contribution >= 4 is 48.1 Å². The van der Waals surface area contributed by atoms with Crippen LogP contribution in [0.25, 0.3) is 0 Å². The van der Waals surface area contributed by atoms with E-state index in [0.717, 1.165) is 10.2 Å². The molecule has 0 unspecified atom stereocenters. The second-order valence-electron chi connectivity index (χ2n) is 1.91. The van der Waals surface area contributed by atoms with E-state index >= 15 is 0 Å². The van der Waals surface area contributed by atoms with Crippen LogP contribution in [0.5, 0.6) is 0 Å². The molecule has 0 aromatic heterocycles. The Hall–Kier alpha value is -0.100. The number of carbonyl (C=O) groups excluding carboxylic acids is 1. The first-order valence-corrected chi connectivity index (χ1v) is 4.78. The predicted molar refractivity (Wildman–Crippen MR) is 57.2 cm³/mol. The maximum absolute atomic E-state index is 10.6. The van der Waals surface area contributed by atoms with Crippen LogP contribution in [0.15, 0.2) is 28.7 Å². The first-order chi connectivity index (χ1) is 5.18. The zero-order valence-electron chi connectivity index (χ0n) is 5.47. The molecular weight excluding hydrogens is 321 g/mol. The van der Waals surface area contributed by atoms with E-state index in [-0.39, 0.29) is 3.91 Å². The minimum Gasteiger partial charge on any atom is -0.317 e. The molecule has 0 aliphatic carbocycles. The van der Waals surface area contributed by atoms with E-state index in [2.05, 4.69) is 21.2 Å². The van der Waals surface area contributed by atoms with Crippen molar-refractivity contribution in [1.82, 2.24) is 0 Å². The number of benzene rings is 1. The summed E-state index contributed by atoms with van der Waals surface area (Å²) in [5, 5.41) is 2.66. The number of carbonyl (C=O) groups is 1. The van der Waals surface area contributed by atoms with E-state index in [1.807, 2.05) is 24.3 Å². The molecule has 0 saturated carbocycles. The average Bonchev–Trinajstić information content (AvgIpc) is 1.93. The number of anilines is 1. The van der Waals surface area contributed by atoms with Crippen LogP contribution in [-0.4, -0.2) is 3.91 Å². The normalized spacial score (nSPS) is 9.27. The third-order valence-corrected chi connectivity index (χ3v) is 1.89. The predicted octanol–water partition coefficient (Wildman–Crippen LogP) is 3.42. The van der Waals surface area contributed by atoms with Gasteiger partial charge in [-0.3, -0.25) is 4.79 Å². The average molecular weight is 326 g/mol. The second-order valence-corrected chi connectivity index (χ2v) is 3.80. The number of nitrogens with one attached hydrogen (secondary N) is 1. The fourth-order valence-corrected chi connectivity index (χ4v) is 1.22. The van der Waals surface area contributed by atoms with E-state index in [4.69, 9.17) is 0 Å². The second kappa shape index (κ2) is 4.06. The fourth-order valence-electron chi connectivity index (χ4n) is 0.647. The van der Waals surface area contributed by atoms with Gasteiger partial charge in [-0.1, -0.05) is 15.9 Å². The van der Waals surface area contributed by atoms with Crippen molar-refractivity contribution in [3.05, 3.63) is 28.7 Å². The van der Waals surface area contributed by atoms with Gasteiger partial charge in [-0.15, -0.1) is 0 Å². The van der Waals surface area contributed by atoms with Crippen molar-refractivity contribution in [1.29, 1.82) is 0 Å². The summed E-state index contributed by atoms with van der Waals surface area (Å²) in [7, 11) is 0. The van der Waals surface area contributed by atoms with Crippen LogP contribution in [0.3, 0.4) is 0 Å². The Balaban J connectivity index is 2.74. The number of rotatable bonds is 1. The Morgan fingerprint density at radius 1 is 1.36 bits per heavy atom. The standard InChI is InChI=1S/C7H5BrINO/c8-5-1-3-6(4-2-5)10-7(9)11/h1-4H,(H,10,11). The molecule has 0 spiro atoms. The smallest absolute Gasteiger partial charge is 0.284 e. The zero-order chi connectivity index (χ0) is 8.27. The first-order valence-electron chi connectivity index (χ1n) is 2.90. The van der Waals surface area contributed by atoms with Gasteiger partial charge in [0.25, 0.3) is 3.91 Å². The summed E-state index contributed by atoms with van der Waals surface area (Å²) in [4.78, 5) is 10.6. The molecule has 1 N–H and O–H groups in total. The first kappa shape index (κ1) is 8.99. The van der Waals surface area contributed by atoms with Crippen LogP contribution in [0.1, 0.15) is 0 Å². The van der Waals surface area contributed by atoms with Gasteiger partial charge in [0, 0.05) is 32.8 Å². The van der Waals surface area contributed by atoms with Gasteiger partial charge in [0.05, 0.1) is 0 Å². The van der Waals surface area contributed by atoms with E-state index < -0.39 is 0 Å². The van der Waals surface area contributed by atoms with Crippen molar-refractivity contribution in [2.24, 2.45) is 0 Å². The van der Waals surface area contributed by atoms with Crippen LogP contribution < -0.4 is 5.32 Å². The topological polar surface area (TPSA) is 29.1 Å².